The Morgan fingerprint density at radius 2 is 1.85 bits per heavy atom. The highest BCUT2D eigenvalue weighted by molar-refractivity contribution is 6.15. The van der Waals surface area contributed by atoms with Gasteiger partial charge in [0.2, 0.25) is 0 Å². The Morgan fingerprint density at radius 3 is 2.56 bits per heavy atom. The molecule has 0 radical (unpaired) electrons. The zero-order valence-corrected chi connectivity index (χ0v) is 22.4. The first-order chi connectivity index (χ1) is 18.5. The van der Waals surface area contributed by atoms with Crippen LogP contribution in [0.25, 0.3) is 27.7 Å². The van der Waals surface area contributed by atoms with Crippen molar-refractivity contribution in [3.8, 4) is 16.9 Å². The van der Waals surface area contributed by atoms with Gasteiger partial charge in [0.15, 0.2) is 6.61 Å². The maximum absolute atomic E-state index is 13.4. The maximum Gasteiger partial charge on any atom is 0.272 e. The number of carbonyl (C=O) groups excluding carboxylic acids is 3. The lowest BCUT2D eigenvalue weighted by Crippen LogP contribution is -2.39. The van der Waals surface area contributed by atoms with Crippen molar-refractivity contribution in [3.63, 3.8) is 0 Å². The molecule has 0 saturated heterocycles. The standard InChI is InChI=1S/C28H30N6O5/c1-17(27(37)32(5)13-12-31(3)4)30-26(36)18(2)34-16-29-25-20(8-7-9-21(25)28(34)38)19-10-11-23-22(14-19)33(6)24(35)15-39-23/h7-11,14,16H,1-2,12-13,15H2,3-6H3,(H,30,36). The van der Waals surface area contributed by atoms with Crippen LogP contribution in [-0.2, 0) is 14.4 Å². The summed E-state index contributed by atoms with van der Waals surface area (Å²) in [4.78, 5) is 60.2. The van der Waals surface area contributed by atoms with Gasteiger partial charge in [0.1, 0.15) is 17.8 Å². The van der Waals surface area contributed by atoms with Gasteiger partial charge in [-0.25, -0.2) is 4.98 Å². The summed E-state index contributed by atoms with van der Waals surface area (Å²) in [5.74, 6) is -0.784. The average molecular weight is 531 g/mol. The Labute approximate surface area is 225 Å². The minimum Gasteiger partial charge on any atom is -0.482 e. The highest BCUT2D eigenvalue weighted by atomic mass is 16.5. The number of ether oxygens (including phenoxy) is 1. The summed E-state index contributed by atoms with van der Waals surface area (Å²) in [7, 11) is 7.06. The van der Waals surface area contributed by atoms with Crippen LogP contribution in [0.3, 0.4) is 0 Å². The van der Waals surface area contributed by atoms with Crippen molar-refractivity contribution < 1.29 is 19.1 Å². The van der Waals surface area contributed by atoms with Gasteiger partial charge in [-0.2, -0.15) is 0 Å². The van der Waals surface area contributed by atoms with Crippen LogP contribution in [0.1, 0.15) is 0 Å². The van der Waals surface area contributed by atoms with E-state index < -0.39 is 17.4 Å². The van der Waals surface area contributed by atoms with E-state index in [4.69, 9.17) is 4.74 Å². The number of rotatable bonds is 8. The molecule has 11 nitrogen and oxygen atoms in total. The monoisotopic (exact) mass is 530 g/mol. The summed E-state index contributed by atoms with van der Waals surface area (Å²) in [6.07, 6.45) is 1.22. The summed E-state index contributed by atoms with van der Waals surface area (Å²) in [5.41, 5.74) is 1.58. The molecule has 0 atom stereocenters. The molecule has 39 heavy (non-hydrogen) atoms. The Morgan fingerprint density at radius 1 is 1.10 bits per heavy atom. The quantitative estimate of drug-likeness (QED) is 0.439. The molecule has 0 unspecified atom stereocenters. The average Bonchev–Trinajstić information content (AvgIpc) is 2.92. The number of amides is 3. The van der Waals surface area contributed by atoms with Crippen LogP contribution in [-0.4, -0.2) is 85.0 Å². The van der Waals surface area contributed by atoms with E-state index in [0.717, 1.165) is 10.1 Å². The normalized spacial score (nSPS) is 12.6. The van der Waals surface area contributed by atoms with Crippen molar-refractivity contribution in [2.24, 2.45) is 0 Å². The lowest BCUT2D eigenvalue weighted by atomic mass is 10.0. The SMILES string of the molecule is C=C(NC(=O)C(=C)n1cnc2c(-c3ccc4c(c3)N(C)C(=O)CO4)cccc2c1=O)C(=O)N(C)CCN(C)C. The number of hydrogen-bond acceptors (Lipinski definition) is 7. The van der Waals surface area contributed by atoms with Gasteiger partial charge >= 0.3 is 0 Å². The molecular weight excluding hydrogens is 500 g/mol. The van der Waals surface area contributed by atoms with Crippen LogP contribution < -0.4 is 20.5 Å². The molecule has 1 N–H and O–H groups in total. The molecule has 0 saturated carbocycles. The molecule has 1 aromatic heterocycles. The number of hydrogen-bond donors (Lipinski definition) is 1. The Bertz CT molecular complexity index is 1570. The van der Waals surface area contributed by atoms with E-state index in [-0.39, 0.29) is 29.3 Å². The summed E-state index contributed by atoms with van der Waals surface area (Å²) in [6, 6.07) is 10.5. The van der Waals surface area contributed by atoms with E-state index in [9.17, 15) is 19.2 Å². The molecular formula is C28H30N6O5. The summed E-state index contributed by atoms with van der Waals surface area (Å²) >= 11 is 0. The van der Waals surface area contributed by atoms with Crippen LogP contribution >= 0.6 is 0 Å². The van der Waals surface area contributed by atoms with Crippen LogP contribution in [0.2, 0.25) is 0 Å². The van der Waals surface area contributed by atoms with Crippen LogP contribution in [0, 0.1) is 0 Å². The molecule has 3 amide bonds. The van der Waals surface area contributed by atoms with Crippen molar-refractivity contribution in [3.05, 3.63) is 71.9 Å². The van der Waals surface area contributed by atoms with Gasteiger partial charge in [0.25, 0.3) is 23.3 Å². The summed E-state index contributed by atoms with van der Waals surface area (Å²) in [5, 5.41) is 2.69. The van der Waals surface area contributed by atoms with Crippen LogP contribution in [0.5, 0.6) is 5.75 Å². The third-order valence-corrected chi connectivity index (χ3v) is 6.45. The second kappa shape index (κ2) is 10.9. The van der Waals surface area contributed by atoms with Crippen LogP contribution in [0.4, 0.5) is 5.69 Å². The minimum absolute atomic E-state index is 0.0235. The number of aromatic nitrogens is 2. The van der Waals surface area contributed by atoms with Gasteiger partial charge in [-0.1, -0.05) is 31.4 Å². The van der Waals surface area contributed by atoms with E-state index in [0.29, 0.717) is 35.6 Å². The molecule has 0 fully saturated rings. The molecule has 2 aromatic carbocycles. The molecule has 3 aromatic rings. The van der Waals surface area contributed by atoms with E-state index in [1.54, 1.807) is 38.4 Å². The molecule has 1 aliphatic heterocycles. The first-order valence-corrected chi connectivity index (χ1v) is 12.1. The number of fused-ring (bicyclic) bond motifs is 2. The molecule has 0 aliphatic carbocycles. The van der Waals surface area contributed by atoms with Gasteiger partial charge < -0.3 is 24.8 Å². The Hall–Kier alpha value is -4.77. The maximum atomic E-state index is 13.4. The third-order valence-electron chi connectivity index (χ3n) is 6.45. The van der Waals surface area contributed by atoms with Gasteiger partial charge in [-0.3, -0.25) is 23.7 Å². The summed E-state index contributed by atoms with van der Waals surface area (Å²) in [6.45, 7) is 8.47. The van der Waals surface area contributed by atoms with Crippen molar-refractivity contribution in [2.45, 2.75) is 0 Å². The van der Waals surface area contributed by atoms with Crippen molar-refractivity contribution in [1.29, 1.82) is 0 Å². The highest BCUT2D eigenvalue weighted by Crippen LogP contribution is 2.36. The van der Waals surface area contributed by atoms with Gasteiger partial charge in [0, 0.05) is 32.7 Å². The molecule has 0 bridgehead atoms. The highest BCUT2D eigenvalue weighted by Gasteiger charge is 2.24. The van der Waals surface area contributed by atoms with Gasteiger partial charge in [0.05, 0.1) is 22.3 Å². The van der Waals surface area contributed by atoms with E-state index in [2.05, 4.69) is 23.5 Å². The lowest BCUT2D eigenvalue weighted by Gasteiger charge is -2.26. The summed E-state index contributed by atoms with van der Waals surface area (Å²) < 4.78 is 6.54. The van der Waals surface area contributed by atoms with Gasteiger partial charge in [-0.05, 0) is 37.9 Å². The number of anilines is 1. The van der Waals surface area contributed by atoms with E-state index in [1.165, 1.54) is 16.1 Å². The van der Waals surface area contributed by atoms with Crippen molar-refractivity contribution >= 4 is 40.0 Å². The molecule has 4 rings (SSSR count). The number of carbonyl (C=O) groups is 3. The number of nitrogens with zero attached hydrogens (tertiary/aromatic N) is 5. The fourth-order valence-corrected chi connectivity index (χ4v) is 4.07. The first-order valence-electron chi connectivity index (χ1n) is 12.1. The molecule has 2 heterocycles. The molecule has 0 spiro atoms. The molecule has 202 valence electrons. The molecule has 1 aliphatic rings. The second-order valence-electron chi connectivity index (χ2n) is 9.45. The topological polar surface area (TPSA) is 117 Å². The minimum atomic E-state index is -0.754. The zero-order valence-electron chi connectivity index (χ0n) is 22.4. The predicted octanol–water partition coefficient (Wildman–Crippen LogP) is 1.54. The predicted molar refractivity (Wildman–Crippen MR) is 149 cm³/mol. The number of para-hydroxylation sites is 1. The fourth-order valence-electron chi connectivity index (χ4n) is 4.07. The fraction of sp³-hybridized carbons (Fsp3) is 0.250. The number of likely N-dealkylation sites (N-methyl/N-ethyl adjacent to an activating group) is 3. The zero-order chi connectivity index (χ0) is 28.4. The second-order valence-corrected chi connectivity index (χ2v) is 9.45. The Balaban J connectivity index is 1.59. The number of nitrogens with one attached hydrogen (secondary N) is 1. The van der Waals surface area contributed by atoms with E-state index in [1.807, 2.05) is 31.1 Å². The van der Waals surface area contributed by atoms with E-state index >= 15 is 0 Å². The molecule has 11 heteroatoms. The van der Waals surface area contributed by atoms with Gasteiger partial charge in [-0.15, -0.1) is 0 Å². The largest absolute Gasteiger partial charge is 0.482 e. The van der Waals surface area contributed by atoms with Crippen molar-refractivity contribution in [1.82, 2.24) is 24.7 Å². The first kappa shape index (κ1) is 27.3. The van der Waals surface area contributed by atoms with Crippen molar-refractivity contribution in [2.75, 3.05) is 52.8 Å². The third kappa shape index (κ3) is 5.43. The Kier molecular flexibility index (Phi) is 7.63. The smallest absolute Gasteiger partial charge is 0.272 e. The lowest BCUT2D eigenvalue weighted by molar-refractivity contribution is -0.127. The van der Waals surface area contributed by atoms with Crippen LogP contribution in [0.15, 0.2) is 66.4 Å². The number of benzene rings is 2.